The minimum Gasteiger partial charge on any atom is -0.149 e. The molecule has 4 rings (SSSR count). The second kappa shape index (κ2) is 13.9. The van der Waals surface area contributed by atoms with E-state index in [2.05, 4.69) is 92.9 Å². The van der Waals surface area contributed by atoms with Gasteiger partial charge in [0.15, 0.2) is 0 Å². The molecule has 2 heterocycles. The molecule has 0 unspecified atom stereocenters. The van der Waals surface area contributed by atoms with Gasteiger partial charge in [-0.15, -0.1) is 22.7 Å². The highest BCUT2D eigenvalue weighted by molar-refractivity contribution is 7.12. The van der Waals surface area contributed by atoms with Crippen molar-refractivity contribution in [1.82, 2.24) is 0 Å². The van der Waals surface area contributed by atoms with Crippen LogP contribution in [0.5, 0.6) is 0 Å². The summed E-state index contributed by atoms with van der Waals surface area (Å²) in [5, 5.41) is 2.20. The fraction of sp³-hybridized carbons (Fsp3) is 0.259. The normalized spacial score (nSPS) is 9.21. The Hall–Kier alpha value is -2.16. The van der Waals surface area contributed by atoms with Crippen molar-refractivity contribution in [2.45, 2.75) is 48.5 Å². The summed E-state index contributed by atoms with van der Waals surface area (Å²) in [4.78, 5) is 4.16. The van der Waals surface area contributed by atoms with E-state index in [-0.39, 0.29) is 0 Å². The second-order valence-electron chi connectivity index (χ2n) is 6.00. The Kier molecular flexibility index (Phi) is 11.9. The van der Waals surface area contributed by atoms with Gasteiger partial charge in [0.2, 0.25) is 0 Å². The van der Waals surface area contributed by atoms with Crippen LogP contribution in [-0.4, -0.2) is 0 Å². The lowest BCUT2D eigenvalue weighted by Crippen LogP contribution is -1.74. The van der Waals surface area contributed by atoms with Gasteiger partial charge in [-0.25, -0.2) is 0 Å². The molecule has 0 N–H and O–H groups in total. The Bertz CT molecular complexity index is 916. The van der Waals surface area contributed by atoms with Crippen LogP contribution in [-0.2, 0) is 0 Å². The summed E-state index contributed by atoms with van der Waals surface area (Å²) in [5.41, 5.74) is 5.34. The van der Waals surface area contributed by atoms with E-state index in [4.69, 9.17) is 0 Å². The zero-order valence-corrected chi connectivity index (χ0v) is 20.5. The summed E-state index contributed by atoms with van der Waals surface area (Å²) in [5.74, 6) is 0. The summed E-state index contributed by atoms with van der Waals surface area (Å²) in [6.45, 7) is 14.5. The van der Waals surface area contributed by atoms with Crippen LogP contribution < -0.4 is 0 Å². The molecule has 0 amide bonds. The van der Waals surface area contributed by atoms with Crippen molar-refractivity contribution < 1.29 is 0 Å². The third-order valence-electron chi connectivity index (χ3n) is 3.96. The van der Waals surface area contributed by atoms with Gasteiger partial charge in [0.1, 0.15) is 0 Å². The lowest BCUT2D eigenvalue weighted by atomic mass is 10.1. The van der Waals surface area contributed by atoms with Crippen LogP contribution in [0, 0.1) is 20.8 Å². The quantitative estimate of drug-likeness (QED) is 0.301. The minimum absolute atomic E-state index is 1.31. The number of thiophene rings is 2. The van der Waals surface area contributed by atoms with Crippen LogP contribution in [0.3, 0.4) is 0 Å². The molecule has 0 aliphatic carbocycles. The van der Waals surface area contributed by atoms with Gasteiger partial charge in [0.25, 0.3) is 0 Å². The molecule has 4 aromatic rings. The van der Waals surface area contributed by atoms with Gasteiger partial charge < -0.3 is 0 Å². The van der Waals surface area contributed by atoms with E-state index in [1.54, 1.807) is 11.3 Å². The van der Waals surface area contributed by atoms with Crippen molar-refractivity contribution in [3.63, 3.8) is 0 Å². The largest absolute Gasteiger partial charge is 0.149 e. The molecule has 0 bridgehead atoms. The Balaban J connectivity index is 0.000000248. The average Bonchev–Trinajstić information content (AvgIpc) is 3.37. The average molecular weight is 423 g/mol. The predicted octanol–water partition coefficient (Wildman–Crippen LogP) is 9.81. The molecule has 0 nitrogen and oxygen atoms in total. The van der Waals surface area contributed by atoms with Gasteiger partial charge in [-0.2, -0.15) is 0 Å². The molecule has 0 radical (unpaired) electrons. The van der Waals surface area contributed by atoms with Crippen LogP contribution in [0.2, 0.25) is 0 Å². The van der Waals surface area contributed by atoms with Gasteiger partial charge >= 0.3 is 0 Å². The predicted molar refractivity (Wildman–Crippen MR) is 136 cm³/mol. The zero-order valence-electron chi connectivity index (χ0n) is 18.8. The molecule has 154 valence electrons. The van der Waals surface area contributed by atoms with Crippen LogP contribution in [0.15, 0.2) is 78.2 Å². The molecule has 0 saturated heterocycles. The van der Waals surface area contributed by atoms with E-state index >= 15 is 0 Å². The highest BCUT2D eigenvalue weighted by Gasteiger charge is 2.03. The molecular weight excluding hydrogens is 388 g/mol. The van der Waals surface area contributed by atoms with E-state index in [9.17, 15) is 0 Å². The highest BCUT2D eigenvalue weighted by Crippen LogP contribution is 2.30. The van der Waals surface area contributed by atoms with Crippen molar-refractivity contribution in [2.24, 2.45) is 0 Å². The maximum atomic E-state index is 2.26. The maximum absolute atomic E-state index is 2.26. The first-order chi connectivity index (χ1) is 14.1. The Morgan fingerprint density at radius 1 is 0.552 bits per heavy atom. The smallest absolute Gasteiger partial charge is 0.00954 e. The number of hydrogen-bond donors (Lipinski definition) is 0. The van der Waals surface area contributed by atoms with E-state index in [1.807, 2.05) is 45.1 Å². The summed E-state index contributed by atoms with van der Waals surface area (Å²) in [6.07, 6.45) is 0. The molecule has 29 heavy (non-hydrogen) atoms. The van der Waals surface area contributed by atoms with E-state index in [0.717, 1.165) is 0 Å². The minimum atomic E-state index is 1.31. The maximum Gasteiger partial charge on any atom is 0.00954 e. The van der Waals surface area contributed by atoms with Crippen LogP contribution in [0.4, 0.5) is 0 Å². The SMILES string of the molecule is CC.CC.Cc1cc(-c2ccccc2)c(C)s1.Cc1cc(-c2ccccc2)cs1. The third kappa shape index (κ3) is 8.00. The first kappa shape index (κ1) is 24.9. The van der Waals surface area contributed by atoms with Gasteiger partial charge in [-0.3, -0.25) is 0 Å². The molecule has 0 spiro atoms. The molecule has 2 heteroatoms. The Morgan fingerprint density at radius 2 is 1.07 bits per heavy atom. The number of benzene rings is 2. The van der Waals surface area contributed by atoms with E-state index in [0.29, 0.717) is 0 Å². The van der Waals surface area contributed by atoms with Gasteiger partial charge in [-0.05, 0) is 60.5 Å². The number of rotatable bonds is 2. The van der Waals surface area contributed by atoms with Crippen molar-refractivity contribution in [2.75, 3.05) is 0 Å². The summed E-state index contributed by atoms with van der Waals surface area (Å²) < 4.78 is 0. The Morgan fingerprint density at radius 3 is 1.48 bits per heavy atom. The molecule has 0 fully saturated rings. The molecule has 2 aromatic carbocycles. The first-order valence-electron chi connectivity index (χ1n) is 10.4. The summed E-state index contributed by atoms with van der Waals surface area (Å²) in [6, 6.07) is 25.5. The van der Waals surface area contributed by atoms with Crippen LogP contribution in [0.1, 0.15) is 42.3 Å². The summed E-state index contributed by atoms with van der Waals surface area (Å²) in [7, 11) is 0. The third-order valence-corrected chi connectivity index (χ3v) is 5.79. The molecule has 0 atom stereocenters. The number of aryl methyl sites for hydroxylation is 3. The second-order valence-corrected chi connectivity index (χ2v) is 8.58. The fourth-order valence-corrected chi connectivity index (χ4v) is 4.42. The lowest BCUT2D eigenvalue weighted by Gasteiger charge is -1.97. The molecule has 2 aromatic heterocycles. The lowest BCUT2D eigenvalue weighted by molar-refractivity contribution is 1.50. The van der Waals surface area contributed by atoms with Crippen molar-refractivity contribution in [1.29, 1.82) is 0 Å². The molecule has 0 aliphatic heterocycles. The monoisotopic (exact) mass is 422 g/mol. The van der Waals surface area contributed by atoms with Gasteiger partial charge in [0, 0.05) is 14.6 Å². The van der Waals surface area contributed by atoms with Crippen molar-refractivity contribution in [3.05, 3.63) is 92.8 Å². The first-order valence-corrected chi connectivity index (χ1v) is 12.1. The van der Waals surface area contributed by atoms with Gasteiger partial charge in [-0.1, -0.05) is 88.4 Å². The molecule has 0 saturated carbocycles. The highest BCUT2D eigenvalue weighted by atomic mass is 32.1. The van der Waals surface area contributed by atoms with Gasteiger partial charge in [0.05, 0.1) is 0 Å². The van der Waals surface area contributed by atoms with Crippen LogP contribution in [0.25, 0.3) is 22.3 Å². The molecular formula is C27H34S2. The van der Waals surface area contributed by atoms with Crippen molar-refractivity contribution >= 4 is 22.7 Å². The van der Waals surface area contributed by atoms with E-state index in [1.165, 1.54) is 36.9 Å². The summed E-state index contributed by atoms with van der Waals surface area (Å²) >= 11 is 3.66. The Labute approximate surface area is 185 Å². The topological polar surface area (TPSA) is 0 Å². The molecule has 0 aliphatic rings. The van der Waals surface area contributed by atoms with E-state index < -0.39 is 0 Å². The zero-order chi connectivity index (χ0) is 21.6. The van der Waals surface area contributed by atoms with Crippen molar-refractivity contribution in [3.8, 4) is 22.3 Å². The fourth-order valence-electron chi connectivity index (χ4n) is 2.76. The van der Waals surface area contributed by atoms with Crippen LogP contribution >= 0.6 is 22.7 Å². The standard InChI is InChI=1S/C12H12S.C11H10S.2C2H6/c1-9-8-12(10(2)13-9)11-6-4-3-5-7-11;1-9-7-11(8-12-9)10-5-3-2-4-6-10;2*1-2/h3-8H,1-2H3;2-8H,1H3;2*1-2H3. The number of hydrogen-bond acceptors (Lipinski definition) is 2.